The number of amides is 2. The highest BCUT2D eigenvalue weighted by molar-refractivity contribution is 6.33. The van der Waals surface area contributed by atoms with Crippen LogP contribution in [-0.4, -0.2) is 22.8 Å². The van der Waals surface area contributed by atoms with E-state index in [1.54, 1.807) is 0 Å². The van der Waals surface area contributed by atoms with Gasteiger partial charge in [-0.05, 0) is 18.2 Å². The van der Waals surface area contributed by atoms with Gasteiger partial charge in [-0.2, -0.15) is 5.10 Å². The summed E-state index contributed by atoms with van der Waals surface area (Å²) in [4.78, 5) is 11.9. The molecule has 6 nitrogen and oxygen atoms in total. The maximum Gasteiger partial charge on any atom is 0.324 e. The topological polar surface area (TPSA) is 79.0 Å². The Morgan fingerprint density at radius 2 is 2.29 bits per heavy atom. The molecule has 0 saturated carbocycles. The summed E-state index contributed by atoms with van der Waals surface area (Å²) in [5, 5.41) is 12.2. The van der Waals surface area contributed by atoms with Crippen molar-refractivity contribution in [2.75, 3.05) is 17.2 Å². The predicted octanol–water partition coefficient (Wildman–Crippen LogP) is 2.92. The van der Waals surface area contributed by atoms with Crippen LogP contribution in [0.4, 0.5) is 20.7 Å². The Bertz CT molecular complexity index is 689. The van der Waals surface area contributed by atoms with E-state index in [-0.39, 0.29) is 10.7 Å². The molecule has 1 aromatic carbocycles. The summed E-state index contributed by atoms with van der Waals surface area (Å²) in [6.07, 6.45) is 0.724. The number of H-pyrrole nitrogens is 1. The number of halogens is 2. The quantitative estimate of drug-likeness (QED) is 0.798. The van der Waals surface area contributed by atoms with Crippen molar-refractivity contribution in [2.45, 2.75) is 13.0 Å². The number of ether oxygens (including phenoxy) is 1. The Labute approximate surface area is 124 Å². The van der Waals surface area contributed by atoms with Crippen LogP contribution in [0.25, 0.3) is 0 Å². The van der Waals surface area contributed by atoms with Crippen LogP contribution in [0.1, 0.15) is 11.3 Å². The van der Waals surface area contributed by atoms with Crippen molar-refractivity contribution in [1.29, 1.82) is 0 Å². The molecule has 21 heavy (non-hydrogen) atoms. The summed E-state index contributed by atoms with van der Waals surface area (Å²) in [5.74, 6) is -0.0880. The first-order valence-electron chi connectivity index (χ1n) is 6.30. The molecule has 0 radical (unpaired) electrons. The summed E-state index contributed by atoms with van der Waals surface area (Å²) < 4.78 is 18.5. The van der Waals surface area contributed by atoms with E-state index in [2.05, 4.69) is 20.8 Å². The lowest BCUT2D eigenvalue weighted by molar-refractivity contribution is 0.110. The molecule has 1 aromatic heterocycles. The lowest BCUT2D eigenvalue weighted by atomic mass is 10.1. The van der Waals surface area contributed by atoms with Gasteiger partial charge in [0.2, 0.25) is 0 Å². The number of nitrogens with zero attached hydrogens (tertiary/aromatic N) is 1. The van der Waals surface area contributed by atoms with Gasteiger partial charge in [-0.25, -0.2) is 9.18 Å². The van der Waals surface area contributed by atoms with E-state index < -0.39 is 11.8 Å². The Morgan fingerprint density at radius 1 is 1.43 bits per heavy atom. The summed E-state index contributed by atoms with van der Waals surface area (Å²) in [6.45, 7) is 1.02. The smallest absolute Gasteiger partial charge is 0.324 e. The highest BCUT2D eigenvalue weighted by Gasteiger charge is 2.19. The predicted molar refractivity (Wildman–Crippen MR) is 76.0 cm³/mol. The van der Waals surface area contributed by atoms with Crippen molar-refractivity contribution < 1.29 is 13.9 Å². The number of aromatic nitrogens is 2. The third-order valence-electron chi connectivity index (χ3n) is 3.10. The van der Waals surface area contributed by atoms with E-state index in [9.17, 15) is 9.18 Å². The van der Waals surface area contributed by atoms with Gasteiger partial charge in [0.15, 0.2) is 5.82 Å². The van der Waals surface area contributed by atoms with Gasteiger partial charge in [0, 0.05) is 17.7 Å². The minimum Gasteiger partial charge on any atom is -0.376 e. The summed E-state index contributed by atoms with van der Waals surface area (Å²) >= 11 is 5.89. The number of fused-ring (bicyclic) bond motifs is 1. The van der Waals surface area contributed by atoms with Gasteiger partial charge in [0.25, 0.3) is 0 Å². The number of nitrogens with one attached hydrogen (secondary N) is 3. The molecule has 0 fully saturated rings. The zero-order valence-corrected chi connectivity index (χ0v) is 11.6. The van der Waals surface area contributed by atoms with Gasteiger partial charge < -0.3 is 10.1 Å². The second-order valence-electron chi connectivity index (χ2n) is 4.54. The fourth-order valence-electron chi connectivity index (χ4n) is 2.07. The number of aromatic amines is 1. The fraction of sp³-hybridized carbons (Fsp3) is 0.231. The number of hydrogen-bond donors (Lipinski definition) is 3. The molecule has 1 aliphatic heterocycles. The van der Waals surface area contributed by atoms with Gasteiger partial charge in [0.1, 0.15) is 5.82 Å². The molecule has 3 N–H and O–H groups in total. The van der Waals surface area contributed by atoms with Crippen molar-refractivity contribution in [2.24, 2.45) is 0 Å². The molecule has 0 saturated heterocycles. The third-order valence-corrected chi connectivity index (χ3v) is 3.43. The first kappa shape index (κ1) is 13.8. The van der Waals surface area contributed by atoms with E-state index in [4.69, 9.17) is 16.3 Å². The zero-order valence-electron chi connectivity index (χ0n) is 10.9. The fourth-order valence-corrected chi connectivity index (χ4v) is 2.23. The molecular formula is C13H12ClFN4O2. The normalized spacial score (nSPS) is 13.6. The van der Waals surface area contributed by atoms with Crippen molar-refractivity contribution in [3.8, 4) is 0 Å². The van der Waals surface area contributed by atoms with E-state index in [0.29, 0.717) is 19.0 Å². The average Bonchev–Trinajstić information content (AvgIpc) is 2.86. The van der Waals surface area contributed by atoms with Gasteiger partial charge in [-0.15, -0.1) is 0 Å². The minimum absolute atomic E-state index is 0.190. The number of urea groups is 1. The first-order chi connectivity index (χ1) is 10.1. The van der Waals surface area contributed by atoms with Crippen LogP contribution in [0.2, 0.25) is 5.02 Å². The van der Waals surface area contributed by atoms with Crippen LogP contribution in [0, 0.1) is 5.82 Å². The maximum absolute atomic E-state index is 13.1. The monoisotopic (exact) mass is 310 g/mol. The van der Waals surface area contributed by atoms with Crippen LogP contribution in [0.5, 0.6) is 0 Å². The first-order valence-corrected chi connectivity index (χ1v) is 6.68. The van der Waals surface area contributed by atoms with Crippen molar-refractivity contribution in [3.63, 3.8) is 0 Å². The van der Waals surface area contributed by atoms with Gasteiger partial charge >= 0.3 is 6.03 Å². The molecule has 0 aliphatic carbocycles. The second kappa shape index (κ2) is 5.71. The summed E-state index contributed by atoms with van der Waals surface area (Å²) in [5.41, 5.74) is 1.96. The van der Waals surface area contributed by atoms with E-state index in [1.807, 2.05) is 0 Å². The van der Waals surface area contributed by atoms with Crippen molar-refractivity contribution in [3.05, 3.63) is 40.3 Å². The molecule has 2 amide bonds. The van der Waals surface area contributed by atoms with Crippen LogP contribution < -0.4 is 10.6 Å². The lowest BCUT2D eigenvalue weighted by Gasteiger charge is -2.13. The van der Waals surface area contributed by atoms with Crippen LogP contribution in [0.15, 0.2) is 18.2 Å². The number of carbonyl (C=O) groups is 1. The Balaban J connectivity index is 1.72. The molecule has 0 bridgehead atoms. The molecule has 0 unspecified atom stereocenters. The molecule has 2 heterocycles. The van der Waals surface area contributed by atoms with E-state index in [0.717, 1.165) is 23.7 Å². The SMILES string of the molecule is O=C(Nc1cc(F)ccc1Cl)Nc1n[nH]c2c1COCC2. The molecule has 0 spiro atoms. The molecule has 2 aromatic rings. The number of carbonyl (C=O) groups excluding carboxylic acids is 1. The van der Waals surface area contributed by atoms with Crippen molar-refractivity contribution in [1.82, 2.24) is 10.2 Å². The molecule has 3 rings (SSSR count). The number of rotatable bonds is 2. The Morgan fingerprint density at radius 3 is 3.14 bits per heavy atom. The second-order valence-corrected chi connectivity index (χ2v) is 4.94. The molecule has 1 aliphatic rings. The molecule has 110 valence electrons. The van der Waals surface area contributed by atoms with Gasteiger partial charge in [-0.3, -0.25) is 10.4 Å². The van der Waals surface area contributed by atoms with Crippen LogP contribution in [-0.2, 0) is 17.8 Å². The third kappa shape index (κ3) is 2.98. The largest absolute Gasteiger partial charge is 0.376 e. The maximum atomic E-state index is 13.1. The average molecular weight is 311 g/mol. The number of benzene rings is 1. The molecule has 0 atom stereocenters. The van der Waals surface area contributed by atoms with Crippen LogP contribution in [0.3, 0.4) is 0 Å². The van der Waals surface area contributed by atoms with Gasteiger partial charge in [-0.1, -0.05) is 11.6 Å². The zero-order chi connectivity index (χ0) is 14.8. The minimum atomic E-state index is -0.553. The number of hydrogen-bond acceptors (Lipinski definition) is 3. The van der Waals surface area contributed by atoms with Crippen molar-refractivity contribution >= 4 is 29.1 Å². The lowest BCUT2D eigenvalue weighted by Crippen LogP contribution is -2.21. The van der Waals surface area contributed by atoms with Crippen LogP contribution >= 0.6 is 11.6 Å². The Kier molecular flexibility index (Phi) is 3.76. The summed E-state index contributed by atoms with van der Waals surface area (Å²) in [7, 11) is 0. The highest BCUT2D eigenvalue weighted by Crippen LogP contribution is 2.24. The van der Waals surface area contributed by atoms with E-state index in [1.165, 1.54) is 12.1 Å². The van der Waals surface area contributed by atoms with E-state index >= 15 is 0 Å². The number of anilines is 2. The Hall–Kier alpha value is -2.12. The standard InChI is InChI=1S/C13H12ClFN4O2/c14-9-2-1-7(15)5-11(9)16-13(20)17-12-8-6-21-4-3-10(8)18-19-12/h1-2,5H,3-4,6H2,(H3,16,17,18,19,20). The van der Waals surface area contributed by atoms with Gasteiger partial charge in [0.05, 0.1) is 23.9 Å². The molecule has 8 heteroatoms. The molecular weight excluding hydrogens is 299 g/mol. The highest BCUT2D eigenvalue weighted by atomic mass is 35.5. The summed E-state index contributed by atoms with van der Waals surface area (Å²) in [6, 6.07) is 3.18.